The molecule has 0 radical (unpaired) electrons. The number of pyridine rings is 1. The lowest BCUT2D eigenvalue weighted by Gasteiger charge is -2.09. The zero-order chi connectivity index (χ0) is 12.8. The highest BCUT2D eigenvalue weighted by Gasteiger charge is 2.02. The molecule has 3 heteroatoms. The first-order chi connectivity index (χ1) is 8.81. The zero-order valence-corrected chi connectivity index (χ0v) is 11.9. The second-order valence-electron chi connectivity index (χ2n) is 4.47. The van der Waals surface area contributed by atoms with Crippen molar-refractivity contribution in [2.24, 2.45) is 0 Å². The van der Waals surface area contributed by atoms with Gasteiger partial charge in [0.25, 0.3) is 0 Å². The number of fused-ring (bicyclic) bond motifs is 1. The Morgan fingerprint density at radius 3 is 2.89 bits per heavy atom. The Labute approximate surface area is 113 Å². The van der Waals surface area contributed by atoms with Crippen LogP contribution in [0.2, 0.25) is 0 Å². The lowest BCUT2D eigenvalue weighted by molar-refractivity contribution is 0.839. The van der Waals surface area contributed by atoms with Crippen molar-refractivity contribution >= 4 is 28.5 Å². The van der Waals surface area contributed by atoms with E-state index in [4.69, 9.17) is 0 Å². The van der Waals surface area contributed by atoms with E-state index in [-0.39, 0.29) is 0 Å². The molecule has 1 aromatic heterocycles. The van der Waals surface area contributed by atoms with Gasteiger partial charge in [-0.1, -0.05) is 18.2 Å². The Morgan fingerprint density at radius 2 is 2.06 bits per heavy atom. The quantitative estimate of drug-likeness (QED) is 0.792. The van der Waals surface area contributed by atoms with E-state index < -0.39 is 0 Å². The van der Waals surface area contributed by atoms with Crippen LogP contribution in [0.15, 0.2) is 30.3 Å². The average Bonchev–Trinajstić information content (AvgIpc) is 2.39. The number of aryl methyl sites for hydroxylation is 1. The number of nitrogens with one attached hydrogen (secondary N) is 1. The van der Waals surface area contributed by atoms with Crippen LogP contribution < -0.4 is 5.32 Å². The van der Waals surface area contributed by atoms with Gasteiger partial charge in [0.2, 0.25) is 0 Å². The van der Waals surface area contributed by atoms with E-state index in [0.29, 0.717) is 0 Å². The van der Waals surface area contributed by atoms with Crippen LogP contribution in [0.25, 0.3) is 10.9 Å². The van der Waals surface area contributed by atoms with Gasteiger partial charge in [-0.2, -0.15) is 11.8 Å². The molecule has 0 saturated heterocycles. The van der Waals surface area contributed by atoms with E-state index >= 15 is 0 Å². The maximum Gasteiger partial charge on any atom is 0.129 e. The van der Waals surface area contributed by atoms with E-state index in [1.54, 1.807) is 0 Å². The smallest absolute Gasteiger partial charge is 0.129 e. The lowest BCUT2D eigenvalue weighted by Crippen LogP contribution is -2.05. The molecule has 0 aliphatic carbocycles. The standard InChI is InChI=1S/C15H20N2S/c1-12-11-13-7-3-4-8-14(13)17-15(12)16-9-5-6-10-18-2/h3-4,7-8,11H,5-6,9-10H2,1-2H3,(H,16,17). The summed E-state index contributed by atoms with van der Waals surface area (Å²) in [6, 6.07) is 10.5. The van der Waals surface area contributed by atoms with Gasteiger partial charge in [-0.3, -0.25) is 0 Å². The van der Waals surface area contributed by atoms with Crippen LogP contribution in [0.4, 0.5) is 5.82 Å². The molecule has 0 bridgehead atoms. The largest absolute Gasteiger partial charge is 0.370 e. The van der Waals surface area contributed by atoms with Crippen molar-refractivity contribution in [3.8, 4) is 0 Å². The van der Waals surface area contributed by atoms with Crippen LogP contribution in [0.1, 0.15) is 18.4 Å². The van der Waals surface area contributed by atoms with E-state index in [1.165, 1.54) is 29.5 Å². The van der Waals surface area contributed by atoms with E-state index in [2.05, 4.69) is 47.7 Å². The van der Waals surface area contributed by atoms with Crippen molar-refractivity contribution in [3.63, 3.8) is 0 Å². The summed E-state index contributed by atoms with van der Waals surface area (Å²) in [5.41, 5.74) is 2.29. The number of thioether (sulfide) groups is 1. The number of nitrogens with zero attached hydrogens (tertiary/aromatic N) is 1. The number of unbranched alkanes of at least 4 members (excludes halogenated alkanes) is 1. The molecule has 18 heavy (non-hydrogen) atoms. The Hall–Kier alpha value is -1.22. The molecule has 0 spiro atoms. The van der Waals surface area contributed by atoms with E-state index in [0.717, 1.165) is 17.9 Å². The molecular formula is C15H20N2S. The minimum atomic E-state index is 1.01. The molecule has 2 nitrogen and oxygen atoms in total. The van der Waals surface area contributed by atoms with Crippen molar-refractivity contribution in [2.45, 2.75) is 19.8 Å². The maximum atomic E-state index is 4.68. The minimum absolute atomic E-state index is 1.01. The predicted octanol–water partition coefficient (Wildman–Crippen LogP) is 4.10. The average molecular weight is 260 g/mol. The first-order valence-electron chi connectivity index (χ1n) is 6.40. The highest BCUT2D eigenvalue weighted by molar-refractivity contribution is 7.98. The molecule has 0 fully saturated rings. The summed E-state index contributed by atoms with van der Waals surface area (Å²) in [6.07, 6.45) is 4.62. The first-order valence-corrected chi connectivity index (χ1v) is 7.80. The normalized spacial score (nSPS) is 10.8. The fraction of sp³-hybridized carbons (Fsp3) is 0.400. The highest BCUT2D eigenvalue weighted by Crippen LogP contribution is 2.19. The Morgan fingerprint density at radius 1 is 1.22 bits per heavy atom. The number of hydrogen-bond acceptors (Lipinski definition) is 3. The Balaban J connectivity index is 2.01. The van der Waals surface area contributed by atoms with Gasteiger partial charge < -0.3 is 5.32 Å². The summed E-state index contributed by atoms with van der Waals surface area (Å²) >= 11 is 1.91. The van der Waals surface area contributed by atoms with Crippen molar-refractivity contribution in [3.05, 3.63) is 35.9 Å². The Kier molecular flexibility index (Phi) is 4.88. The van der Waals surface area contributed by atoms with Crippen molar-refractivity contribution < 1.29 is 0 Å². The molecule has 0 aliphatic rings. The molecule has 1 N–H and O–H groups in total. The zero-order valence-electron chi connectivity index (χ0n) is 11.1. The number of hydrogen-bond donors (Lipinski definition) is 1. The fourth-order valence-electron chi connectivity index (χ4n) is 1.98. The van der Waals surface area contributed by atoms with Crippen LogP contribution in [-0.4, -0.2) is 23.5 Å². The monoisotopic (exact) mass is 260 g/mol. The Bertz CT molecular complexity index is 511. The number of para-hydroxylation sites is 1. The first kappa shape index (κ1) is 13.2. The van der Waals surface area contributed by atoms with E-state index in [9.17, 15) is 0 Å². The molecule has 1 aromatic carbocycles. The third kappa shape index (κ3) is 3.39. The van der Waals surface area contributed by atoms with Crippen LogP contribution in [0.3, 0.4) is 0 Å². The maximum absolute atomic E-state index is 4.68. The minimum Gasteiger partial charge on any atom is -0.370 e. The molecule has 2 aromatic rings. The molecule has 0 aliphatic heterocycles. The van der Waals surface area contributed by atoms with Gasteiger partial charge in [-0.05, 0) is 49.5 Å². The second kappa shape index (κ2) is 6.64. The third-order valence-corrected chi connectivity index (χ3v) is 3.68. The summed E-state index contributed by atoms with van der Waals surface area (Å²) in [5, 5.41) is 4.65. The molecular weight excluding hydrogens is 240 g/mol. The summed E-state index contributed by atoms with van der Waals surface area (Å²) in [6.45, 7) is 3.12. The summed E-state index contributed by atoms with van der Waals surface area (Å²) in [5.74, 6) is 2.27. The van der Waals surface area contributed by atoms with Gasteiger partial charge in [0.05, 0.1) is 5.52 Å². The molecule has 0 saturated carbocycles. The SMILES string of the molecule is CSCCCCNc1nc2ccccc2cc1C. The van der Waals surface area contributed by atoms with Crippen LogP contribution in [0, 0.1) is 6.92 Å². The summed E-state index contributed by atoms with van der Waals surface area (Å²) in [7, 11) is 0. The second-order valence-corrected chi connectivity index (χ2v) is 5.46. The van der Waals surface area contributed by atoms with Gasteiger partial charge in [0.1, 0.15) is 5.82 Å². The van der Waals surface area contributed by atoms with Crippen molar-refractivity contribution in [2.75, 3.05) is 23.9 Å². The molecule has 0 unspecified atom stereocenters. The van der Waals surface area contributed by atoms with Gasteiger partial charge in [0.15, 0.2) is 0 Å². The van der Waals surface area contributed by atoms with Crippen molar-refractivity contribution in [1.82, 2.24) is 4.98 Å². The van der Waals surface area contributed by atoms with Gasteiger partial charge in [-0.25, -0.2) is 4.98 Å². The van der Waals surface area contributed by atoms with Crippen LogP contribution in [-0.2, 0) is 0 Å². The van der Waals surface area contributed by atoms with E-state index in [1.807, 2.05) is 17.8 Å². The number of benzene rings is 1. The summed E-state index contributed by atoms with van der Waals surface area (Å²) in [4.78, 5) is 4.68. The van der Waals surface area contributed by atoms with Gasteiger partial charge >= 0.3 is 0 Å². The highest BCUT2D eigenvalue weighted by atomic mass is 32.2. The molecule has 0 amide bonds. The lowest BCUT2D eigenvalue weighted by atomic mass is 10.1. The summed E-state index contributed by atoms with van der Waals surface area (Å²) < 4.78 is 0. The van der Waals surface area contributed by atoms with Crippen molar-refractivity contribution in [1.29, 1.82) is 0 Å². The fourth-order valence-corrected chi connectivity index (χ4v) is 2.47. The predicted molar refractivity (Wildman–Crippen MR) is 82.6 cm³/mol. The third-order valence-electron chi connectivity index (χ3n) is 2.98. The number of anilines is 1. The van der Waals surface area contributed by atoms with Gasteiger partial charge in [0, 0.05) is 11.9 Å². The van der Waals surface area contributed by atoms with Gasteiger partial charge in [-0.15, -0.1) is 0 Å². The molecule has 2 rings (SSSR count). The topological polar surface area (TPSA) is 24.9 Å². The molecule has 0 atom stereocenters. The van der Waals surface area contributed by atoms with Crippen LogP contribution >= 0.6 is 11.8 Å². The number of rotatable bonds is 6. The van der Waals surface area contributed by atoms with Crippen LogP contribution in [0.5, 0.6) is 0 Å². The number of aromatic nitrogens is 1. The molecule has 1 heterocycles. The molecule has 96 valence electrons.